The summed E-state index contributed by atoms with van der Waals surface area (Å²) in [7, 11) is -2.47. The minimum atomic E-state index is -3.78. The van der Waals surface area contributed by atoms with Gasteiger partial charge in [0.2, 0.25) is 21.9 Å². The van der Waals surface area contributed by atoms with Crippen molar-refractivity contribution in [3.63, 3.8) is 0 Å². The van der Waals surface area contributed by atoms with Gasteiger partial charge in [-0.3, -0.25) is 4.39 Å². The summed E-state index contributed by atoms with van der Waals surface area (Å²) in [4.78, 5) is 4.19. The number of piperidine rings is 1. The van der Waals surface area contributed by atoms with E-state index < -0.39 is 41.0 Å². The minimum Gasteiger partial charge on any atom is -0.479 e. The van der Waals surface area contributed by atoms with Crippen LogP contribution in [0.5, 0.6) is 5.88 Å². The van der Waals surface area contributed by atoms with Gasteiger partial charge in [0, 0.05) is 13.1 Å². The summed E-state index contributed by atoms with van der Waals surface area (Å²) >= 11 is 0. The van der Waals surface area contributed by atoms with Gasteiger partial charge >= 0.3 is 0 Å². The van der Waals surface area contributed by atoms with Crippen molar-refractivity contribution in [1.29, 1.82) is 0 Å². The van der Waals surface area contributed by atoms with Crippen LogP contribution in [0.1, 0.15) is 12.8 Å². The van der Waals surface area contributed by atoms with E-state index >= 15 is 4.39 Å². The number of methoxy groups -OCH3 is 1. The highest BCUT2D eigenvalue weighted by Crippen LogP contribution is 2.36. The molecule has 0 radical (unpaired) electrons. The van der Waals surface area contributed by atoms with E-state index in [-0.39, 0.29) is 42.3 Å². The van der Waals surface area contributed by atoms with Gasteiger partial charge in [-0.05, 0) is 30.5 Å². The van der Waals surface area contributed by atoms with Crippen molar-refractivity contribution in [1.82, 2.24) is 33.9 Å². The molecule has 1 aliphatic heterocycles. The van der Waals surface area contributed by atoms with Crippen LogP contribution in [0, 0.1) is 5.82 Å². The Balaban J connectivity index is 1.51. The second kappa shape index (κ2) is 9.65. The van der Waals surface area contributed by atoms with Crippen LogP contribution >= 0.6 is 0 Å². The van der Waals surface area contributed by atoms with Crippen LogP contribution in [0.25, 0.3) is 27.7 Å². The highest BCUT2D eigenvalue weighted by Gasteiger charge is 2.47. The molecule has 0 saturated carbocycles. The number of aromatic nitrogens is 6. The van der Waals surface area contributed by atoms with Crippen molar-refractivity contribution in [2.45, 2.75) is 31.4 Å². The van der Waals surface area contributed by atoms with Crippen molar-refractivity contribution in [3.8, 4) is 17.0 Å². The van der Waals surface area contributed by atoms with E-state index in [0.717, 1.165) is 21.3 Å². The van der Waals surface area contributed by atoms with Crippen molar-refractivity contribution >= 4 is 32.5 Å². The Morgan fingerprint density at radius 3 is 2.76 bits per heavy atom. The number of anilines is 1. The number of hydrogen-bond donors (Lipinski definition) is 1. The first kappa shape index (κ1) is 26.1. The number of nitrogens with zero attached hydrogens (tertiary/aromatic N) is 7. The fourth-order valence-electron chi connectivity index (χ4n) is 4.52. The first-order valence-electron chi connectivity index (χ1n) is 11.6. The van der Waals surface area contributed by atoms with Gasteiger partial charge < -0.3 is 10.1 Å². The van der Waals surface area contributed by atoms with E-state index in [9.17, 15) is 21.6 Å². The van der Waals surface area contributed by atoms with Gasteiger partial charge in [0.05, 0.1) is 49.9 Å². The van der Waals surface area contributed by atoms with Crippen LogP contribution in [-0.2, 0) is 16.6 Å². The van der Waals surface area contributed by atoms with E-state index in [0.29, 0.717) is 23.1 Å². The van der Waals surface area contributed by atoms with Crippen LogP contribution in [0.4, 0.5) is 23.5 Å². The third-order valence-electron chi connectivity index (χ3n) is 6.39. The lowest BCUT2D eigenvalue weighted by Crippen LogP contribution is -2.55. The van der Waals surface area contributed by atoms with E-state index in [1.165, 1.54) is 11.8 Å². The number of ether oxygens (including phenoxy) is 1. The molecule has 0 aliphatic carbocycles. The van der Waals surface area contributed by atoms with E-state index in [4.69, 9.17) is 4.74 Å². The highest BCUT2D eigenvalue weighted by molar-refractivity contribution is 7.88. The molecular formula is C22H24F4N8O3S. The number of halogens is 4. The van der Waals surface area contributed by atoms with Crippen LogP contribution in [-0.4, -0.2) is 87.4 Å². The number of benzene rings is 1. The van der Waals surface area contributed by atoms with Crippen LogP contribution < -0.4 is 10.1 Å². The Morgan fingerprint density at radius 2 is 2.08 bits per heavy atom. The third-order valence-corrected chi connectivity index (χ3v) is 7.64. The molecule has 0 spiro atoms. The SMILES string of the molecule is COc1nc(NC2CCN(S(C)(=O)=O)CC2(F)F)nn2cc(F)c(-c3ccc4nnn(CCCF)c4c3)c12. The maximum Gasteiger partial charge on any atom is 0.281 e. The molecule has 1 aromatic carbocycles. The lowest BCUT2D eigenvalue weighted by molar-refractivity contribution is -0.0541. The van der Waals surface area contributed by atoms with Gasteiger partial charge in [0.1, 0.15) is 11.0 Å². The van der Waals surface area contributed by atoms with E-state index in [1.54, 1.807) is 18.2 Å². The smallest absolute Gasteiger partial charge is 0.281 e. The quantitative estimate of drug-likeness (QED) is 0.329. The molecule has 1 atom stereocenters. The van der Waals surface area contributed by atoms with Crippen molar-refractivity contribution in [3.05, 3.63) is 30.2 Å². The standard InChI is InChI=1S/C22H24F4N8O3S/c1-37-20-19-18(13-4-5-15-16(10-13)33(31-29-15)8-3-7-23)14(24)11-34(19)30-21(28-20)27-17-6-9-32(38(2,35)36)12-22(17,25)26/h4-5,10-11,17H,3,6-9,12H2,1-2H3,(H,27,30). The molecule has 0 amide bonds. The van der Waals surface area contributed by atoms with Gasteiger partial charge in [-0.25, -0.2) is 30.8 Å². The third kappa shape index (κ3) is 4.73. The summed E-state index contributed by atoms with van der Waals surface area (Å²) in [5.74, 6) is -4.38. The minimum absolute atomic E-state index is 0.0672. The maximum absolute atomic E-state index is 15.3. The first-order valence-corrected chi connectivity index (χ1v) is 13.5. The van der Waals surface area contributed by atoms with Crippen LogP contribution in [0.3, 0.4) is 0 Å². The molecule has 204 valence electrons. The zero-order valence-electron chi connectivity index (χ0n) is 20.4. The molecule has 11 nitrogen and oxygen atoms in total. The summed E-state index contributed by atoms with van der Waals surface area (Å²) in [6, 6.07) is 3.49. The van der Waals surface area contributed by atoms with Crippen molar-refractivity contribution in [2.24, 2.45) is 0 Å². The Morgan fingerprint density at radius 1 is 1.29 bits per heavy atom. The molecule has 16 heteroatoms. The van der Waals surface area contributed by atoms with Gasteiger partial charge in [-0.2, -0.15) is 9.29 Å². The number of fused-ring (bicyclic) bond motifs is 2. The molecule has 1 unspecified atom stereocenters. The van der Waals surface area contributed by atoms with Gasteiger partial charge in [-0.1, -0.05) is 11.3 Å². The Labute approximate surface area is 214 Å². The largest absolute Gasteiger partial charge is 0.479 e. The molecule has 38 heavy (non-hydrogen) atoms. The molecule has 1 fully saturated rings. The number of hydrogen-bond acceptors (Lipinski definition) is 8. The molecule has 4 aromatic rings. The Hall–Kier alpha value is -3.53. The molecular weight excluding hydrogens is 532 g/mol. The van der Waals surface area contributed by atoms with E-state index in [2.05, 4.69) is 25.7 Å². The zero-order chi connectivity index (χ0) is 27.2. The first-order chi connectivity index (χ1) is 18.0. The molecule has 1 aliphatic rings. The zero-order valence-corrected chi connectivity index (χ0v) is 21.2. The molecule has 4 heterocycles. The number of aryl methyl sites for hydroxylation is 1. The summed E-state index contributed by atoms with van der Waals surface area (Å²) in [5, 5.41) is 14.8. The number of sulfonamides is 1. The molecule has 1 saturated heterocycles. The monoisotopic (exact) mass is 556 g/mol. The molecule has 5 rings (SSSR count). The van der Waals surface area contributed by atoms with Crippen LogP contribution in [0.2, 0.25) is 0 Å². The summed E-state index contributed by atoms with van der Waals surface area (Å²) in [5.41, 5.74) is 1.84. The number of alkyl halides is 3. The predicted octanol–water partition coefficient (Wildman–Crippen LogP) is 2.73. The normalized spacial score (nSPS) is 18.3. The summed E-state index contributed by atoms with van der Waals surface area (Å²) in [6.45, 7) is -1.31. The predicted molar refractivity (Wildman–Crippen MR) is 130 cm³/mol. The van der Waals surface area contributed by atoms with Crippen molar-refractivity contribution < 1.29 is 30.7 Å². The van der Waals surface area contributed by atoms with Gasteiger partial charge in [0.25, 0.3) is 5.92 Å². The fraction of sp³-hybridized carbons (Fsp3) is 0.455. The molecule has 3 aromatic heterocycles. The Kier molecular flexibility index (Phi) is 6.63. The topological polar surface area (TPSA) is 120 Å². The highest BCUT2D eigenvalue weighted by atomic mass is 32.2. The van der Waals surface area contributed by atoms with E-state index in [1.807, 2.05) is 0 Å². The maximum atomic E-state index is 15.3. The molecule has 1 N–H and O–H groups in total. The number of rotatable bonds is 8. The van der Waals surface area contributed by atoms with Crippen molar-refractivity contribution in [2.75, 3.05) is 38.4 Å². The van der Waals surface area contributed by atoms with Gasteiger partial charge in [-0.15, -0.1) is 10.2 Å². The van der Waals surface area contributed by atoms with Gasteiger partial charge in [0.15, 0.2) is 5.82 Å². The Bertz CT molecular complexity index is 1610. The average molecular weight is 557 g/mol. The number of nitrogens with one attached hydrogen (secondary N) is 1. The molecule has 0 bridgehead atoms. The lowest BCUT2D eigenvalue weighted by atomic mass is 10.0. The second-order valence-corrected chi connectivity index (χ2v) is 11.0. The fourth-order valence-corrected chi connectivity index (χ4v) is 5.36. The average Bonchev–Trinajstić information content (AvgIpc) is 3.41. The second-order valence-electron chi connectivity index (χ2n) is 8.99. The summed E-state index contributed by atoms with van der Waals surface area (Å²) in [6.07, 6.45) is 2.01. The lowest BCUT2D eigenvalue weighted by Gasteiger charge is -2.37. The summed E-state index contributed by atoms with van der Waals surface area (Å²) < 4.78 is 89.7. The van der Waals surface area contributed by atoms with Crippen LogP contribution in [0.15, 0.2) is 24.4 Å².